The first-order chi connectivity index (χ1) is 15.4. The normalized spacial score (nSPS) is 15.8. The van der Waals surface area contributed by atoms with Gasteiger partial charge in [0.25, 0.3) is 5.91 Å². The smallest absolute Gasteiger partial charge is 0.256 e. The first-order valence-corrected chi connectivity index (χ1v) is 10.1. The summed E-state index contributed by atoms with van der Waals surface area (Å²) in [5.41, 5.74) is 3.21. The van der Waals surface area contributed by atoms with Gasteiger partial charge in [-0.05, 0) is 31.5 Å². The molecule has 162 valence electrons. The highest BCUT2D eigenvalue weighted by atomic mass is 19.2. The van der Waals surface area contributed by atoms with Gasteiger partial charge in [-0.3, -0.25) is 19.4 Å². The van der Waals surface area contributed by atoms with Gasteiger partial charge < -0.3 is 4.90 Å². The van der Waals surface area contributed by atoms with Crippen LogP contribution in [0.3, 0.4) is 0 Å². The van der Waals surface area contributed by atoms with Crippen LogP contribution in [0.15, 0.2) is 42.9 Å². The number of pyridine rings is 2. The molecule has 1 atom stereocenters. The molecule has 0 saturated carbocycles. The van der Waals surface area contributed by atoms with Crippen molar-refractivity contribution in [3.63, 3.8) is 0 Å². The zero-order valence-electron chi connectivity index (χ0n) is 17.3. The minimum absolute atomic E-state index is 0.194. The van der Waals surface area contributed by atoms with Gasteiger partial charge in [0.05, 0.1) is 34.7 Å². The van der Waals surface area contributed by atoms with Crippen molar-refractivity contribution >= 4 is 16.8 Å². The van der Waals surface area contributed by atoms with Crippen molar-refractivity contribution in [2.75, 3.05) is 6.54 Å². The van der Waals surface area contributed by atoms with E-state index < -0.39 is 17.5 Å². The molecule has 1 amide bonds. The molecule has 4 heterocycles. The molecule has 0 radical (unpaired) electrons. The lowest BCUT2D eigenvalue weighted by molar-refractivity contribution is 0.0675. The van der Waals surface area contributed by atoms with E-state index >= 15 is 0 Å². The van der Waals surface area contributed by atoms with Gasteiger partial charge in [0.2, 0.25) is 0 Å². The molecule has 0 unspecified atom stereocenters. The van der Waals surface area contributed by atoms with Crippen LogP contribution in [0.25, 0.3) is 22.2 Å². The molecule has 4 aromatic rings. The number of carbonyl (C=O) groups is 1. The van der Waals surface area contributed by atoms with E-state index in [4.69, 9.17) is 0 Å². The minimum atomic E-state index is -1.51. The Kier molecular flexibility index (Phi) is 4.69. The lowest BCUT2D eigenvalue weighted by Gasteiger charge is -2.33. The van der Waals surface area contributed by atoms with Crippen LogP contribution in [0.4, 0.5) is 13.2 Å². The van der Waals surface area contributed by atoms with Crippen molar-refractivity contribution in [2.45, 2.75) is 19.4 Å². The van der Waals surface area contributed by atoms with Crippen molar-refractivity contribution in [1.82, 2.24) is 24.6 Å². The molecule has 0 saturated heterocycles. The summed E-state index contributed by atoms with van der Waals surface area (Å²) in [4.78, 5) is 23.5. The van der Waals surface area contributed by atoms with Crippen molar-refractivity contribution in [2.24, 2.45) is 7.05 Å². The Morgan fingerprint density at radius 3 is 2.66 bits per heavy atom. The third kappa shape index (κ3) is 3.04. The third-order valence-corrected chi connectivity index (χ3v) is 5.92. The molecule has 0 aliphatic carbocycles. The zero-order chi connectivity index (χ0) is 22.6. The summed E-state index contributed by atoms with van der Waals surface area (Å²) in [6.45, 7) is 2.24. The Morgan fingerprint density at radius 1 is 1.16 bits per heavy atom. The first-order valence-electron chi connectivity index (χ1n) is 10.1. The van der Waals surface area contributed by atoms with Crippen molar-refractivity contribution < 1.29 is 18.0 Å². The van der Waals surface area contributed by atoms with Gasteiger partial charge in [-0.15, -0.1) is 0 Å². The number of aryl methyl sites for hydroxylation is 1. The summed E-state index contributed by atoms with van der Waals surface area (Å²) in [5.74, 6) is -4.21. The maximum atomic E-state index is 13.8. The van der Waals surface area contributed by atoms with E-state index in [0.29, 0.717) is 40.8 Å². The van der Waals surface area contributed by atoms with Crippen LogP contribution in [0.1, 0.15) is 34.6 Å². The second kappa shape index (κ2) is 7.44. The molecule has 0 fully saturated rings. The van der Waals surface area contributed by atoms with Gasteiger partial charge in [-0.2, -0.15) is 5.10 Å². The SMILES string of the molecule is C[C@H]1c2nn(C)c(-c3cc(F)c(F)c(F)c3)c2CCN1C(=O)c1cncc2ncccc12. The monoisotopic (exact) mass is 437 g/mol. The van der Waals surface area contributed by atoms with Gasteiger partial charge in [0.1, 0.15) is 0 Å². The highest BCUT2D eigenvalue weighted by Gasteiger charge is 2.34. The molecule has 1 aromatic carbocycles. The molecule has 3 aromatic heterocycles. The average Bonchev–Trinajstić information content (AvgIpc) is 3.13. The van der Waals surface area contributed by atoms with E-state index in [1.165, 1.54) is 10.9 Å². The average molecular weight is 437 g/mol. The van der Waals surface area contributed by atoms with Crippen molar-refractivity contribution in [3.8, 4) is 11.3 Å². The van der Waals surface area contributed by atoms with E-state index in [2.05, 4.69) is 15.1 Å². The van der Waals surface area contributed by atoms with Crippen LogP contribution in [-0.2, 0) is 13.5 Å². The van der Waals surface area contributed by atoms with Gasteiger partial charge in [0.15, 0.2) is 17.5 Å². The van der Waals surface area contributed by atoms with Gasteiger partial charge in [-0.1, -0.05) is 6.07 Å². The number of nitrogens with zero attached hydrogens (tertiary/aromatic N) is 5. The number of rotatable bonds is 2. The maximum absolute atomic E-state index is 13.8. The molecule has 1 aliphatic rings. The minimum Gasteiger partial charge on any atom is -0.330 e. The number of amides is 1. The highest BCUT2D eigenvalue weighted by Crippen LogP contribution is 2.37. The third-order valence-electron chi connectivity index (χ3n) is 5.92. The van der Waals surface area contributed by atoms with E-state index in [1.807, 2.05) is 13.0 Å². The molecular weight excluding hydrogens is 419 g/mol. The van der Waals surface area contributed by atoms with Gasteiger partial charge in [0, 0.05) is 42.5 Å². The number of benzene rings is 1. The van der Waals surface area contributed by atoms with E-state index in [9.17, 15) is 18.0 Å². The molecule has 1 aliphatic heterocycles. The lowest BCUT2D eigenvalue weighted by Crippen LogP contribution is -2.39. The summed E-state index contributed by atoms with van der Waals surface area (Å²) in [6.07, 6.45) is 5.22. The molecule has 5 rings (SSSR count). The summed E-state index contributed by atoms with van der Waals surface area (Å²) in [5, 5.41) is 5.25. The van der Waals surface area contributed by atoms with Crippen molar-refractivity contribution in [3.05, 3.63) is 77.1 Å². The number of halogens is 3. The highest BCUT2D eigenvalue weighted by molar-refractivity contribution is 6.05. The van der Waals surface area contributed by atoms with Crippen LogP contribution >= 0.6 is 0 Å². The second-order valence-corrected chi connectivity index (χ2v) is 7.77. The summed E-state index contributed by atoms with van der Waals surface area (Å²) in [6, 6.07) is 5.14. The number of fused-ring (bicyclic) bond motifs is 2. The fourth-order valence-electron chi connectivity index (χ4n) is 4.40. The maximum Gasteiger partial charge on any atom is 0.256 e. The largest absolute Gasteiger partial charge is 0.330 e. The molecule has 0 N–H and O–H groups in total. The Balaban J connectivity index is 1.54. The number of hydrogen-bond donors (Lipinski definition) is 0. The topological polar surface area (TPSA) is 63.9 Å². The fraction of sp³-hybridized carbons (Fsp3) is 0.217. The van der Waals surface area contributed by atoms with Gasteiger partial charge in [-0.25, -0.2) is 13.2 Å². The van der Waals surface area contributed by atoms with Crippen LogP contribution < -0.4 is 0 Å². The molecule has 0 spiro atoms. The van der Waals surface area contributed by atoms with E-state index in [0.717, 1.165) is 17.7 Å². The molecular formula is C23H18F3N5O. The van der Waals surface area contributed by atoms with Crippen LogP contribution in [0.2, 0.25) is 0 Å². The predicted molar refractivity (Wildman–Crippen MR) is 111 cm³/mol. The Morgan fingerprint density at radius 2 is 1.91 bits per heavy atom. The van der Waals surface area contributed by atoms with Crippen molar-refractivity contribution in [1.29, 1.82) is 0 Å². The summed E-state index contributed by atoms with van der Waals surface area (Å²) >= 11 is 0. The Bertz CT molecular complexity index is 1360. The standard InChI is InChI=1S/C23H18F3N5O/c1-12-21-15(22(30(2)29-21)13-8-17(24)20(26)18(25)9-13)5-7-31(12)23(32)16-10-27-11-19-14(16)4-3-6-28-19/h3-4,6,8-12H,5,7H2,1-2H3/t12-/m0/s1. The Hall–Kier alpha value is -3.75. The molecule has 9 heteroatoms. The van der Waals surface area contributed by atoms with E-state index in [1.54, 1.807) is 30.4 Å². The number of carbonyl (C=O) groups excluding carboxylic acids is 1. The summed E-state index contributed by atoms with van der Waals surface area (Å²) < 4.78 is 42.7. The molecule has 0 bridgehead atoms. The summed E-state index contributed by atoms with van der Waals surface area (Å²) in [7, 11) is 1.66. The van der Waals surface area contributed by atoms with Gasteiger partial charge >= 0.3 is 0 Å². The number of aromatic nitrogens is 4. The van der Waals surface area contributed by atoms with Crippen LogP contribution in [-0.4, -0.2) is 37.1 Å². The Labute approximate surface area is 181 Å². The predicted octanol–water partition coefficient (Wildman–Crippen LogP) is 4.21. The quantitative estimate of drug-likeness (QED) is 0.441. The first kappa shape index (κ1) is 20.2. The zero-order valence-corrected chi connectivity index (χ0v) is 17.3. The van der Waals surface area contributed by atoms with Crippen LogP contribution in [0, 0.1) is 17.5 Å². The van der Waals surface area contributed by atoms with E-state index in [-0.39, 0.29) is 17.5 Å². The second-order valence-electron chi connectivity index (χ2n) is 7.77. The lowest BCUT2D eigenvalue weighted by atomic mass is 9.94. The number of hydrogen-bond acceptors (Lipinski definition) is 4. The molecule has 32 heavy (non-hydrogen) atoms. The molecule has 6 nitrogen and oxygen atoms in total. The fourth-order valence-corrected chi connectivity index (χ4v) is 4.40. The van der Waals surface area contributed by atoms with Crippen LogP contribution in [0.5, 0.6) is 0 Å².